The van der Waals surface area contributed by atoms with Crippen LogP contribution in [-0.2, 0) is 25.6 Å². The van der Waals surface area contributed by atoms with E-state index in [1.165, 1.54) is 5.56 Å². The van der Waals surface area contributed by atoms with Crippen LogP contribution < -0.4 is 0 Å². The molecule has 4 rings (SSSR count). The first-order valence-electron chi connectivity index (χ1n) is 10.4. The largest absolute Gasteiger partial charge is 0.490 e. The number of carbonyl (C=O) groups excluding carboxylic acids is 1. The number of benzene rings is 1. The third-order valence-corrected chi connectivity index (χ3v) is 5.74. The summed E-state index contributed by atoms with van der Waals surface area (Å²) in [6.45, 7) is 4.03. The van der Waals surface area contributed by atoms with Crippen molar-refractivity contribution in [2.24, 2.45) is 5.92 Å². The van der Waals surface area contributed by atoms with Crippen molar-refractivity contribution in [1.29, 1.82) is 0 Å². The standard InChI is InChI=1S/C19H26N2O3.C2HF3O2/c22-19(21-9-4-11-24-21)16-13-18-17(8-12-23-18)20(14-16)10-7-15-5-2-1-3-6-15;3-2(4,5)1(6)7/h1-3,5-6,16-18H,4,7-14H2;(H,6,7)/t16-,17+,18+;/m0./s1. The molecule has 3 aliphatic heterocycles. The number of fused-ring (bicyclic) bond motifs is 1. The minimum Gasteiger partial charge on any atom is -0.475 e. The highest BCUT2D eigenvalue weighted by Gasteiger charge is 2.43. The van der Waals surface area contributed by atoms with Crippen molar-refractivity contribution in [3.63, 3.8) is 0 Å². The molecule has 0 aromatic heterocycles. The Hall–Kier alpha value is -2.17. The number of aliphatic carboxylic acids is 1. The van der Waals surface area contributed by atoms with Gasteiger partial charge in [-0.25, -0.2) is 9.86 Å². The van der Waals surface area contributed by atoms with E-state index in [0.29, 0.717) is 12.6 Å². The molecule has 0 bridgehead atoms. The second-order valence-electron chi connectivity index (χ2n) is 7.86. The van der Waals surface area contributed by atoms with E-state index in [1.807, 2.05) is 0 Å². The lowest BCUT2D eigenvalue weighted by atomic mass is 9.89. The minimum absolute atomic E-state index is 0.00165. The van der Waals surface area contributed by atoms with Crippen LogP contribution >= 0.6 is 0 Å². The molecule has 0 unspecified atom stereocenters. The topological polar surface area (TPSA) is 79.3 Å². The van der Waals surface area contributed by atoms with Crippen LogP contribution in [0.25, 0.3) is 0 Å². The second kappa shape index (κ2) is 10.4. The molecule has 0 aliphatic carbocycles. The van der Waals surface area contributed by atoms with Crippen molar-refractivity contribution >= 4 is 11.9 Å². The van der Waals surface area contributed by atoms with E-state index in [4.69, 9.17) is 19.5 Å². The van der Waals surface area contributed by atoms with E-state index < -0.39 is 12.1 Å². The van der Waals surface area contributed by atoms with E-state index >= 15 is 0 Å². The first kappa shape index (κ1) is 23.5. The molecule has 1 aromatic rings. The Morgan fingerprint density at radius 1 is 1.16 bits per heavy atom. The Morgan fingerprint density at radius 2 is 1.87 bits per heavy atom. The van der Waals surface area contributed by atoms with Crippen molar-refractivity contribution in [2.75, 3.05) is 32.8 Å². The number of likely N-dealkylation sites (tertiary alicyclic amines) is 1. The first-order valence-corrected chi connectivity index (χ1v) is 10.4. The van der Waals surface area contributed by atoms with Gasteiger partial charge in [0.2, 0.25) is 0 Å². The number of hydrogen-bond acceptors (Lipinski definition) is 5. The summed E-state index contributed by atoms with van der Waals surface area (Å²) in [4.78, 5) is 29.6. The summed E-state index contributed by atoms with van der Waals surface area (Å²) in [7, 11) is 0. The summed E-state index contributed by atoms with van der Waals surface area (Å²) in [5.41, 5.74) is 1.35. The predicted molar refractivity (Wildman–Crippen MR) is 104 cm³/mol. The fourth-order valence-corrected chi connectivity index (χ4v) is 4.23. The number of rotatable bonds is 4. The maximum absolute atomic E-state index is 12.7. The molecular weight excluding hydrogens is 417 g/mol. The van der Waals surface area contributed by atoms with Gasteiger partial charge in [0.1, 0.15) is 0 Å². The molecule has 31 heavy (non-hydrogen) atoms. The third-order valence-electron chi connectivity index (χ3n) is 5.74. The number of carbonyl (C=O) groups is 2. The summed E-state index contributed by atoms with van der Waals surface area (Å²) in [6, 6.07) is 11.0. The Kier molecular flexibility index (Phi) is 7.90. The number of ether oxygens (including phenoxy) is 1. The Labute approximate surface area is 178 Å². The van der Waals surface area contributed by atoms with Crippen LogP contribution in [0.2, 0.25) is 0 Å². The number of carboxylic acid groups (broad SMARTS) is 1. The molecule has 1 amide bonds. The summed E-state index contributed by atoms with van der Waals surface area (Å²) in [6.07, 6.45) is -0.999. The molecule has 172 valence electrons. The van der Waals surface area contributed by atoms with E-state index in [-0.39, 0.29) is 17.9 Å². The number of hydroxylamine groups is 2. The molecule has 3 atom stereocenters. The fourth-order valence-electron chi connectivity index (χ4n) is 4.23. The lowest BCUT2D eigenvalue weighted by Gasteiger charge is -2.41. The SMILES string of the molecule is O=C(O)C(F)(F)F.O=C([C@H]1C[C@H]2OCC[C@H]2N(CCc2ccccc2)C1)N1CCCO1. The molecule has 3 saturated heterocycles. The number of alkyl halides is 3. The Bertz CT molecular complexity index is 740. The third kappa shape index (κ3) is 6.41. The summed E-state index contributed by atoms with van der Waals surface area (Å²) >= 11 is 0. The molecule has 0 spiro atoms. The smallest absolute Gasteiger partial charge is 0.475 e. The van der Waals surface area contributed by atoms with Gasteiger partial charge < -0.3 is 9.84 Å². The average Bonchev–Trinajstić information content (AvgIpc) is 3.44. The summed E-state index contributed by atoms with van der Waals surface area (Å²) in [5, 5.41) is 8.70. The van der Waals surface area contributed by atoms with E-state index in [1.54, 1.807) is 5.06 Å². The zero-order chi connectivity index (χ0) is 22.4. The maximum Gasteiger partial charge on any atom is 0.490 e. The number of amides is 1. The van der Waals surface area contributed by atoms with Gasteiger partial charge in [-0.05, 0) is 31.2 Å². The molecule has 10 heteroatoms. The van der Waals surface area contributed by atoms with Gasteiger partial charge in [0.25, 0.3) is 5.91 Å². The number of carboxylic acids is 1. The first-order chi connectivity index (χ1) is 14.8. The van der Waals surface area contributed by atoms with E-state index in [0.717, 1.165) is 51.9 Å². The number of halogens is 3. The zero-order valence-electron chi connectivity index (χ0n) is 17.1. The van der Waals surface area contributed by atoms with Crippen LogP contribution in [0.4, 0.5) is 13.2 Å². The fraction of sp³-hybridized carbons (Fsp3) is 0.619. The van der Waals surface area contributed by atoms with E-state index in [9.17, 15) is 18.0 Å². The van der Waals surface area contributed by atoms with Crippen LogP contribution in [0.1, 0.15) is 24.8 Å². The van der Waals surface area contributed by atoms with Crippen molar-refractivity contribution in [3.05, 3.63) is 35.9 Å². The Balaban J connectivity index is 0.000000339. The maximum atomic E-state index is 12.7. The molecule has 7 nitrogen and oxygen atoms in total. The normalized spacial score (nSPS) is 26.2. The van der Waals surface area contributed by atoms with Gasteiger partial charge in [0, 0.05) is 25.7 Å². The number of nitrogens with zero attached hydrogens (tertiary/aromatic N) is 2. The van der Waals surface area contributed by atoms with Crippen molar-refractivity contribution in [1.82, 2.24) is 9.96 Å². The number of hydrogen-bond donors (Lipinski definition) is 1. The molecule has 1 N–H and O–H groups in total. The highest BCUT2D eigenvalue weighted by Crippen LogP contribution is 2.32. The van der Waals surface area contributed by atoms with Gasteiger partial charge in [0.15, 0.2) is 0 Å². The van der Waals surface area contributed by atoms with Crippen LogP contribution in [0.5, 0.6) is 0 Å². The highest BCUT2D eigenvalue weighted by atomic mass is 19.4. The van der Waals surface area contributed by atoms with Gasteiger partial charge in [-0.15, -0.1) is 0 Å². The molecule has 0 radical (unpaired) electrons. The zero-order valence-corrected chi connectivity index (χ0v) is 17.1. The molecule has 3 heterocycles. The molecule has 0 saturated carbocycles. The minimum atomic E-state index is -5.08. The van der Waals surface area contributed by atoms with Crippen LogP contribution in [-0.4, -0.2) is 78.1 Å². The quantitative estimate of drug-likeness (QED) is 0.769. The lowest BCUT2D eigenvalue weighted by Crippen LogP contribution is -2.53. The van der Waals surface area contributed by atoms with Crippen LogP contribution in [0.3, 0.4) is 0 Å². The molecule has 3 fully saturated rings. The molecule has 1 aromatic carbocycles. The molecular formula is C21H27F3N2O5. The number of piperidine rings is 1. The summed E-state index contributed by atoms with van der Waals surface area (Å²) in [5.74, 6) is -2.61. The van der Waals surface area contributed by atoms with Crippen molar-refractivity contribution < 1.29 is 37.4 Å². The lowest BCUT2D eigenvalue weighted by molar-refractivity contribution is -0.192. The second-order valence-corrected chi connectivity index (χ2v) is 7.86. The van der Waals surface area contributed by atoms with Crippen LogP contribution in [0.15, 0.2) is 30.3 Å². The van der Waals surface area contributed by atoms with Gasteiger partial charge in [-0.2, -0.15) is 13.2 Å². The van der Waals surface area contributed by atoms with E-state index in [2.05, 4.69) is 35.2 Å². The monoisotopic (exact) mass is 444 g/mol. The Morgan fingerprint density at radius 3 is 2.48 bits per heavy atom. The van der Waals surface area contributed by atoms with Crippen LogP contribution in [0, 0.1) is 5.92 Å². The summed E-state index contributed by atoms with van der Waals surface area (Å²) < 4.78 is 37.7. The van der Waals surface area contributed by atoms with Gasteiger partial charge in [-0.3, -0.25) is 14.5 Å². The highest BCUT2D eigenvalue weighted by molar-refractivity contribution is 5.78. The van der Waals surface area contributed by atoms with Gasteiger partial charge in [-0.1, -0.05) is 30.3 Å². The van der Waals surface area contributed by atoms with Crippen molar-refractivity contribution in [3.8, 4) is 0 Å². The molecule has 3 aliphatic rings. The average molecular weight is 444 g/mol. The van der Waals surface area contributed by atoms with Crippen molar-refractivity contribution in [2.45, 2.75) is 44.0 Å². The van der Waals surface area contributed by atoms with Gasteiger partial charge in [0.05, 0.1) is 25.2 Å². The predicted octanol–water partition coefficient (Wildman–Crippen LogP) is 2.51. The van der Waals surface area contributed by atoms with Gasteiger partial charge >= 0.3 is 12.1 Å².